The van der Waals surface area contributed by atoms with Gasteiger partial charge in [0.05, 0.1) is 43.7 Å². The van der Waals surface area contributed by atoms with Crippen LogP contribution in [-0.2, 0) is 4.74 Å². The Labute approximate surface area is 88.4 Å². The lowest BCUT2D eigenvalue weighted by molar-refractivity contribution is 0.0210. The second kappa shape index (κ2) is 4.20. The van der Waals surface area contributed by atoms with Gasteiger partial charge in [0.1, 0.15) is 5.75 Å². The summed E-state index contributed by atoms with van der Waals surface area (Å²) in [6.07, 6.45) is 0. The molecule has 1 heterocycles. The lowest BCUT2D eigenvalue weighted by atomic mass is 10.1. The first kappa shape index (κ1) is 9.81. The maximum absolute atomic E-state index is 8.74. The van der Waals surface area contributed by atoms with E-state index in [1.54, 1.807) is 19.2 Å². The second-order valence-corrected chi connectivity index (χ2v) is 3.41. The minimum Gasteiger partial charge on any atom is -0.495 e. The molecule has 0 saturated carbocycles. The number of nitriles is 1. The number of nitrogens with zero attached hydrogens (tertiary/aromatic N) is 1. The summed E-state index contributed by atoms with van der Waals surface area (Å²) in [5.41, 5.74) is 1.51. The van der Waals surface area contributed by atoms with E-state index in [1.165, 1.54) is 0 Å². The number of nitrogens with one attached hydrogen (secondary N) is 1. The molecule has 0 unspecified atom stereocenters. The average molecular weight is 204 g/mol. The molecule has 1 aromatic carbocycles. The highest BCUT2D eigenvalue weighted by Gasteiger charge is 2.19. The molecule has 0 amide bonds. The fraction of sp³-hybridized carbons (Fsp3) is 0.364. The highest BCUT2D eigenvalue weighted by molar-refractivity contribution is 5.60. The predicted octanol–water partition coefficient (Wildman–Crippen LogP) is 1.38. The number of anilines is 1. The van der Waals surface area contributed by atoms with Gasteiger partial charge < -0.3 is 14.8 Å². The van der Waals surface area contributed by atoms with Crippen LogP contribution in [0.4, 0.5) is 5.69 Å². The molecule has 1 saturated heterocycles. The first-order chi connectivity index (χ1) is 7.33. The average Bonchev–Trinajstić information content (AvgIpc) is 2.23. The Morgan fingerprint density at radius 2 is 2.33 bits per heavy atom. The van der Waals surface area contributed by atoms with Crippen LogP contribution >= 0.6 is 0 Å². The molecular formula is C11H12N2O2. The van der Waals surface area contributed by atoms with E-state index in [0.717, 1.165) is 18.9 Å². The van der Waals surface area contributed by atoms with Crippen LogP contribution in [0.2, 0.25) is 0 Å². The molecule has 0 bridgehead atoms. The van der Waals surface area contributed by atoms with E-state index in [9.17, 15) is 0 Å². The van der Waals surface area contributed by atoms with Gasteiger partial charge >= 0.3 is 0 Å². The Morgan fingerprint density at radius 1 is 1.53 bits per heavy atom. The quantitative estimate of drug-likeness (QED) is 0.808. The minimum atomic E-state index is 0.354. The van der Waals surface area contributed by atoms with Crippen LogP contribution in [0.25, 0.3) is 0 Å². The summed E-state index contributed by atoms with van der Waals surface area (Å²) >= 11 is 0. The molecule has 1 aliphatic rings. The van der Waals surface area contributed by atoms with Gasteiger partial charge in [0.25, 0.3) is 0 Å². The van der Waals surface area contributed by atoms with Crippen molar-refractivity contribution in [2.24, 2.45) is 0 Å². The smallest absolute Gasteiger partial charge is 0.143 e. The summed E-state index contributed by atoms with van der Waals surface area (Å²) < 4.78 is 10.3. The van der Waals surface area contributed by atoms with E-state index in [2.05, 4.69) is 11.4 Å². The van der Waals surface area contributed by atoms with Crippen molar-refractivity contribution in [2.45, 2.75) is 6.04 Å². The van der Waals surface area contributed by atoms with Gasteiger partial charge in [-0.2, -0.15) is 5.26 Å². The highest BCUT2D eigenvalue weighted by Crippen LogP contribution is 2.26. The van der Waals surface area contributed by atoms with Crippen molar-refractivity contribution in [3.8, 4) is 11.8 Å². The molecule has 0 aromatic heterocycles. The number of ether oxygens (including phenoxy) is 2. The van der Waals surface area contributed by atoms with Crippen LogP contribution < -0.4 is 10.1 Å². The van der Waals surface area contributed by atoms with Crippen LogP contribution in [-0.4, -0.2) is 26.4 Å². The molecule has 4 nitrogen and oxygen atoms in total. The zero-order valence-corrected chi connectivity index (χ0v) is 8.49. The van der Waals surface area contributed by atoms with Crippen LogP contribution in [0.5, 0.6) is 5.75 Å². The molecule has 2 rings (SSSR count). The Bertz CT molecular complexity index is 394. The monoisotopic (exact) mass is 204 g/mol. The Balaban J connectivity index is 2.18. The van der Waals surface area contributed by atoms with Crippen molar-refractivity contribution in [1.82, 2.24) is 0 Å². The first-order valence-electron chi connectivity index (χ1n) is 4.76. The Hall–Kier alpha value is -1.73. The molecule has 0 aliphatic carbocycles. The molecule has 1 aliphatic heterocycles. The molecule has 0 radical (unpaired) electrons. The molecular weight excluding hydrogens is 192 g/mol. The van der Waals surface area contributed by atoms with Crippen molar-refractivity contribution in [3.63, 3.8) is 0 Å². The topological polar surface area (TPSA) is 54.3 Å². The summed E-state index contributed by atoms with van der Waals surface area (Å²) in [4.78, 5) is 0. The lowest BCUT2D eigenvalue weighted by Gasteiger charge is -2.28. The number of hydrogen-bond donors (Lipinski definition) is 1. The summed E-state index contributed by atoms with van der Waals surface area (Å²) in [5, 5.41) is 12.0. The fourth-order valence-electron chi connectivity index (χ4n) is 1.42. The molecule has 0 spiro atoms. The van der Waals surface area contributed by atoms with E-state index in [0.29, 0.717) is 17.4 Å². The molecule has 1 aromatic rings. The molecule has 1 fully saturated rings. The van der Waals surface area contributed by atoms with E-state index >= 15 is 0 Å². The van der Waals surface area contributed by atoms with E-state index in [4.69, 9.17) is 14.7 Å². The van der Waals surface area contributed by atoms with Crippen LogP contribution in [0.15, 0.2) is 18.2 Å². The molecule has 15 heavy (non-hydrogen) atoms. The zero-order chi connectivity index (χ0) is 10.7. The van der Waals surface area contributed by atoms with Gasteiger partial charge in [0.15, 0.2) is 0 Å². The third-order valence-electron chi connectivity index (χ3n) is 2.33. The van der Waals surface area contributed by atoms with Crippen LogP contribution in [0.1, 0.15) is 5.56 Å². The number of benzene rings is 1. The van der Waals surface area contributed by atoms with E-state index in [-0.39, 0.29) is 0 Å². The van der Waals surface area contributed by atoms with E-state index < -0.39 is 0 Å². The van der Waals surface area contributed by atoms with Gasteiger partial charge in [-0.3, -0.25) is 0 Å². The van der Waals surface area contributed by atoms with Gasteiger partial charge in [0, 0.05) is 6.07 Å². The Morgan fingerprint density at radius 3 is 2.87 bits per heavy atom. The largest absolute Gasteiger partial charge is 0.495 e. The van der Waals surface area contributed by atoms with E-state index in [1.807, 2.05) is 6.07 Å². The van der Waals surface area contributed by atoms with Gasteiger partial charge in [-0.25, -0.2) is 0 Å². The summed E-state index contributed by atoms with van der Waals surface area (Å²) in [5.74, 6) is 0.695. The summed E-state index contributed by atoms with van der Waals surface area (Å²) in [6, 6.07) is 7.78. The van der Waals surface area contributed by atoms with Gasteiger partial charge in [-0.05, 0) is 12.1 Å². The molecule has 78 valence electrons. The minimum absolute atomic E-state index is 0.354. The normalized spacial score (nSPS) is 15.2. The number of rotatable bonds is 3. The molecule has 4 heteroatoms. The SMILES string of the molecule is COc1cc(C#N)ccc1NC1COC1. The van der Waals surface area contributed by atoms with Crippen molar-refractivity contribution in [1.29, 1.82) is 5.26 Å². The summed E-state index contributed by atoms with van der Waals surface area (Å²) in [6.45, 7) is 1.45. The standard InChI is InChI=1S/C11H12N2O2/c1-14-11-4-8(5-12)2-3-10(11)13-9-6-15-7-9/h2-4,9,13H,6-7H2,1H3. The lowest BCUT2D eigenvalue weighted by Crippen LogP contribution is -2.40. The van der Waals surface area contributed by atoms with Gasteiger partial charge in [-0.15, -0.1) is 0 Å². The fourth-order valence-corrected chi connectivity index (χ4v) is 1.42. The van der Waals surface area contributed by atoms with Gasteiger partial charge in [0.2, 0.25) is 0 Å². The Kier molecular flexibility index (Phi) is 2.75. The maximum atomic E-state index is 8.74. The highest BCUT2D eigenvalue weighted by atomic mass is 16.5. The maximum Gasteiger partial charge on any atom is 0.143 e. The third-order valence-corrected chi connectivity index (χ3v) is 2.33. The summed E-state index contributed by atoms with van der Waals surface area (Å²) in [7, 11) is 1.60. The first-order valence-corrected chi connectivity index (χ1v) is 4.76. The van der Waals surface area contributed by atoms with Crippen molar-refractivity contribution < 1.29 is 9.47 Å². The number of hydrogen-bond acceptors (Lipinski definition) is 4. The molecule has 0 atom stereocenters. The number of methoxy groups -OCH3 is 1. The third kappa shape index (κ3) is 2.03. The van der Waals surface area contributed by atoms with Gasteiger partial charge in [-0.1, -0.05) is 0 Å². The van der Waals surface area contributed by atoms with Crippen molar-refractivity contribution in [2.75, 3.05) is 25.6 Å². The van der Waals surface area contributed by atoms with Crippen molar-refractivity contribution >= 4 is 5.69 Å². The van der Waals surface area contributed by atoms with Crippen LogP contribution in [0, 0.1) is 11.3 Å². The van der Waals surface area contributed by atoms with Crippen molar-refractivity contribution in [3.05, 3.63) is 23.8 Å². The second-order valence-electron chi connectivity index (χ2n) is 3.41. The zero-order valence-electron chi connectivity index (χ0n) is 8.49. The predicted molar refractivity (Wildman–Crippen MR) is 55.9 cm³/mol. The van der Waals surface area contributed by atoms with Crippen LogP contribution in [0.3, 0.4) is 0 Å². The molecule has 1 N–H and O–H groups in total.